The average Bonchev–Trinajstić information content (AvgIpc) is 3.03. The van der Waals surface area contributed by atoms with Crippen LogP contribution in [0.4, 0.5) is 22.1 Å². The van der Waals surface area contributed by atoms with E-state index >= 15 is 0 Å². The molecule has 0 fully saturated rings. The van der Waals surface area contributed by atoms with Crippen LogP contribution >= 0.6 is 57.7 Å². The van der Waals surface area contributed by atoms with E-state index in [0.717, 1.165) is 21.8 Å². The van der Waals surface area contributed by atoms with Crippen molar-refractivity contribution in [3.8, 4) is 10.4 Å². The van der Waals surface area contributed by atoms with Gasteiger partial charge in [0, 0.05) is 22.8 Å². The SMILES string of the molecule is Clc1ccc(-c2sc(N=Nc3cc(Cl)nc(Cl)c3)c(Cl)c2Nc2ccccc2)cc1. The van der Waals surface area contributed by atoms with E-state index in [4.69, 9.17) is 46.4 Å². The number of hydrogen-bond acceptors (Lipinski definition) is 5. The maximum atomic E-state index is 6.69. The second-order valence-electron chi connectivity index (χ2n) is 6.09. The lowest BCUT2D eigenvalue weighted by atomic mass is 10.1. The standard InChI is InChI=1S/C21H12Cl4N4S/c22-13-8-6-12(7-9-13)20-19(26-14-4-2-1-3-5-14)18(25)21(30-20)29-28-15-10-16(23)27-17(24)11-15/h1-11,26H. The first kappa shape index (κ1) is 21.1. The Morgan fingerprint density at radius 1 is 0.800 bits per heavy atom. The molecule has 4 rings (SSSR count). The number of pyridine rings is 1. The Balaban J connectivity index is 1.76. The highest BCUT2D eigenvalue weighted by atomic mass is 35.5. The van der Waals surface area contributed by atoms with E-state index in [-0.39, 0.29) is 10.3 Å². The average molecular weight is 494 g/mol. The van der Waals surface area contributed by atoms with Crippen molar-refractivity contribution in [3.63, 3.8) is 0 Å². The third kappa shape index (κ3) is 4.94. The van der Waals surface area contributed by atoms with E-state index in [1.54, 1.807) is 12.1 Å². The molecular formula is C21H12Cl4N4S. The lowest BCUT2D eigenvalue weighted by Gasteiger charge is -2.08. The maximum Gasteiger partial charge on any atom is 0.160 e. The highest BCUT2D eigenvalue weighted by molar-refractivity contribution is 7.20. The van der Waals surface area contributed by atoms with Crippen molar-refractivity contribution in [2.45, 2.75) is 0 Å². The molecule has 0 bridgehead atoms. The summed E-state index contributed by atoms with van der Waals surface area (Å²) in [6.45, 7) is 0. The van der Waals surface area contributed by atoms with Crippen LogP contribution in [0.5, 0.6) is 0 Å². The van der Waals surface area contributed by atoms with E-state index in [0.29, 0.717) is 20.7 Å². The van der Waals surface area contributed by atoms with Gasteiger partial charge in [-0.05, 0) is 29.8 Å². The summed E-state index contributed by atoms with van der Waals surface area (Å²) in [5.41, 5.74) is 3.09. The van der Waals surface area contributed by atoms with Crippen molar-refractivity contribution in [1.29, 1.82) is 0 Å². The quantitative estimate of drug-likeness (QED) is 0.222. The molecule has 0 radical (unpaired) electrons. The predicted octanol–water partition coefficient (Wildman–Crippen LogP) is 9.58. The number of aromatic nitrogens is 1. The molecule has 4 aromatic rings. The van der Waals surface area contributed by atoms with Crippen molar-refractivity contribution in [2.75, 3.05) is 5.32 Å². The van der Waals surface area contributed by atoms with E-state index < -0.39 is 0 Å². The monoisotopic (exact) mass is 492 g/mol. The maximum absolute atomic E-state index is 6.69. The summed E-state index contributed by atoms with van der Waals surface area (Å²) in [5, 5.41) is 14.1. The van der Waals surface area contributed by atoms with Gasteiger partial charge < -0.3 is 5.32 Å². The summed E-state index contributed by atoms with van der Waals surface area (Å²) in [6, 6.07) is 20.4. The van der Waals surface area contributed by atoms with Gasteiger partial charge in [0.05, 0.1) is 16.3 Å². The first-order valence-electron chi connectivity index (χ1n) is 8.65. The molecular weight excluding hydrogens is 482 g/mol. The summed E-state index contributed by atoms with van der Waals surface area (Å²) >= 11 is 26.0. The Morgan fingerprint density at radius 2 is 1.47 bits per heavy atom. The minimum atomic E-state index is 0.238. The van der Waals surface area contributed by atoms with Gasteiger partial charge in [-0.3, -0.25) is 0 Å². The second kappa shape index (κ2) is 9.33. The Kier molecular flexibility index (Phi) is 6.56. The largest absolute Gasteiger partial charge is 0.353 e. The van der Waals surface area contributed by atoms with Crippen LogP contribution in [-0.2, 0) is 0 Å². The van der Waals surface area contributed by atoms with E-state index in [1.165, 1.54) is 11.3 Å². The molecule has 0 aliphatic rings. The lowest BCUT2D eigenvalue weighted by Crippen LogP contribution is -1.90. The molecule has 0 saturated carbocycles. The molecule has 9 heteroatoms. The van der Waals surface area contributed by atoms with Crippen LogP contribution in [-0.4, -0.2) is 4.98 Å². The zero-order valence-electron chi connectivity index (χ0n) is 15.1. The zero-order valence-corrected chi connectivity index (χ0v) is 19.0. The van der Waals surface area contributed by atoms with Crippen LogP contribution < -0.4 is 5.32 Å². The topological polar surface area (TPSA) is 49.6 Å². The van der Waals surface area contributed by atoms with Crippen LogP contribution in [0.3, 0.4) is 0 Å². The van der Waals surface area contributed by atoms with Crippen LogP contribution in [0.1, 0.15) is 0 Å². The molecule has 30 heavy (non-hydrogen) atoms. The molecule has 0 atom stereocenters. The molecule has 0 aliphatic carbocycles. The molecule has 0 spiro atoms. The second-order valence-corrected chi connectivity index (χ2v) is 8.68. The molecule has 2 heterocycles. The number of rotatable bonds is 5. The zero-order chi connectivity index (χ0) is 21.1. The van der Waals surface area contributed by atoms with Gasteiger partial charge in [-0.1, -0.05) is 76.7 Å². The van der Waals surface area contributed by atoms with Gasteiger partial charge in [0.25, 0.3) is 0 Å². The van der Waals surface area contributed by atoms with Crippen LogP contribution in [0.2, 0.25) is 20.4 Å². The summed E-state index contributed by atoms with van der Waals surface area (Å²) in [4.78, 5) is 4.82. The van der Waals surface area contributed by atoms with Crippen LogP contribution in [0.15, 0.2) is 77.0 Å². The number of benzene rings is 2. The number of thiophene rings is 1. The summed E-state index contributed by atoms with van der Waals surface area (Å²) in [6.07, 6.45) is 0. The minimum absolute atomic E-state index is 0.238. The van der Waals surface area contributed by atoms with Gasteiger partial charge in [0.1, 0.15) is 15.3 Å². The van der Waals surface area contributed by atoms with Crippen molar-refractivity contribution < 1.29 is 0 Å². The van der Waals surface area contributed by atoms with Crippen molar-refractivity contribution in [3.05, 3.63) is 87.1 Å². The van der Waals surface area contributed by atoms with E-state index in [2.05, 4.69) is 20.5 Å². The first-order chi connectivity index (χ1) is 14.5. The Bertz CT molecular complexity index is 1190. The Morgan fingerprint density at radius 3 is 2.13 bits per heavy atom. The highest BCUT2D eigenvalue weighted by Gasteiger charge is 2.19. The molecule has 1 N–H and O–H groups in total. The number of halogens is 4. The third-order valence-corrected chi connectivity index (χ3v) is 6.23. The fourth-order valence-electron chi connectivity index (χ4n) is 2.66. The molecule has 0 amide bonds. The van der Waals surface area contributed by atoms with E-state index in [9.17, 15) is 0 Å². The Hall–Kier alpha value is -2.15. The van der Waals surface area contributed by atoms with Gasteiger partial charge >= 0.3 is 0 Å². The number of hydrogen-bond donors (Lipinski definition) is 1. The molecule has 150 valence electrons. The summed E-state index contributed by atoms with van der Waals surface area (Å²) in [5.74, 6) is 0. The van der Waals surface area contributed by atoms with Crippen molar-refractivity contribution in [2.24, 2.45) is 10.2 Å². The highest BCUT2D eigenvalue weighted by Crippen LogP contribution is 2.50. The number of para-hydroxylation sites is 1. The van der Waals surface area contributed by atoms with Gasteiger partial charge in [0.15, 0.2) is 5.00 Å². The summed E-state index contributed by atoms with van der Waals surface area (Å²) in [7, 11) is 0. The normalized spacial score (nSPS) is 11.2. The van der Waals surface area contributed by atoms with Gasteiger partial charge in [0.2, 0.25) is 0 Å². The van der Waals surface area contributed by atoms with Gasteiger partial charge in [-0.25, -0.2) is 4.98 Å². The third-order valence-electron chi connectivity index (χ3n) is 3.99. The first-order valence-corrected chi connectivity index (χ1v) is 11.0. The Labute approximate surface area is 197 Å². The number of anilines is 2. The molecule has 0 saturated heterocycles. The fourth-order valence-corrected chi connectivity index (χ4v) is 4.56. The summed E-state index contributed by atoms with van der Waals surface area (Å²) < 4.78 is 0. The van der Waals surface area contributed by atoms with Crippen molar-refractivity contribution in [1.82, 2.24) is 4.98 Å². The lowest BCUT2D eigenvalue weighted by molar-refractivity contribution is 1.22. The molecule has 2 aromatic heterocycles. The molecule has 2 aromatic carbocycles. The smallest absolute Gasteiger partial charge is 0.160 e. The molecule has 4 nitrogen and oxygen atoms in total. The predicted molar refractivity (Wildman–Crippen MR) is 128 cm³/mol. The van der Waals surface area contributed by atoms with Crippen LogP contribution in [0, 0.1) is 0 Å². The minimum Gasteiger partial charge on any atom is -0.353 e. The van der Waals surface area contributed by atoms with Gasteiger partial charge in [-0.15, -0.1) is 21.6 Å². The van der Waals surface area contributed by atoms with Crippen molar-refractivity contribution >= 4 is 79.8 Å². The number of azo groups is 1. The number of nitrogens with zero attached hydrogens (tertiary/aromatic N) is 3. The molecule has 0 unspecified atom stereocenters. The number of nitrogens with one attached hydrogen (secondary N) is 1. The fraction of sp³-hybridized carbons (Fsp3) is 0. The van der Waals surface area contributed by atoms with Crippen LogP contribution in [0.25, 0.3) is 10.4 Å². The van der Waals surface area contributed by atoms with Gasteiger partial charge in [-0.2, -0.15) is 0 Å². The molecule has 0 aliphatic heterocycles. The van der Waals surface area contributed by atoms with E-state index in [1.807, 2.05) is 54.6 Å².